The maximum Gasteiger partial charge on any atom is 0.234 e. The van der Waals surface area contributed by atoms with Gasteiger partial charge in [-0.25, -0.2) is 9.97 Å². The number of amides is 2. The zero-order chi connectivity index (χ0) is 30.5. The molecule has 44 heavy (non-hydrogen) atoms. The molecule has 2 amide bonds. The molecule has 0 aliphatic heterocycles. The summed E-state index contributed by atoms with van der Waals surface area (Å²) in [6.07, 6.45) is 0. The molecule has 0 unspecified atom stereocenters. The van der Waals surface area contributed by atoms with Crippen LogP contribution < -0.4 is 20.1 Å². The number of carbonyl (C=O) groups excluding carboxylic acids is 2. The minimum Gasteiger partial charge on any atom is -0.495 e. The number of nitrogens with zero attached hydrogens (tertiary/aromatic N) is 2. The quantitative estimate of drug-likeness (QED) is 0.135. The van der Waals surface area contributed by atoms with Gasteiger partial charge in [-0.1, -0.05) is 59.9 Å². The molecule has 0 fully saturated rings. The minimum absolute atomic E-state index is 0.150. The Morgan fingerprint density at radius 3 is 1.50 bits per heavy atom. The summed E-state index contributed by atoms with van der Waals surface area (Å²) in [5.41, 5.74) is 4.76. The van der Waals surface area contributed by atoms with E-state index in [1.54, 1.807) is 36.9 Å². The summed E-state index contributed by atoms with van der Waals surface area (Å²) in [5.74, 6) is 1.22. The lowest BCUT2D eigenvalue weighted by Crippen LogP contribution is -2.15. The fourth-order valence-electron chi connectivity index (χ4n) is 4.40. The maximum atomic E-state index is 12.7. The van der Waals surface area contributed by atoms with Crippen molar-refractivity contribution in [3.8, 4) is 22.6 Å². The summed E-state index contributed by atoms with van der Waals surface area (Å²) in [6.45, 7) is 0. The highest BCUT2D eigenvalue weighted by Gasteiger charge is 2.15. The third-order valence-electron chi connectivity index (χ3n) is 6.49. The Morgan fingerprint density at radius 2 is 1.09 bits per heavy atom. The van der Waals surface area contributed by atoms with Gasteiger partial charge in [0.25, 0.3) is 0 Å². The molecule has 0 atom stereocenters. The zero-order valence-corrected chi connectivity index (χ0v) is 26.9. The van der Waals surface area contributed by atoms with Crippen LogP contribution in [0.4, 0.5) is 11.4 Å². The highest BCUT2D eigenvalue weighted by Crippen LogP contribution is 2.36. The molecule has 222 valence electrons. The highest BCUT2D eigenvalue weighted by atomic mass is 32.2. The second-order valence-electron chi connectivity index (χ2n) is 9.40. The maximum absolute atomic E-state index is 12.7. The molecule has 0 aliphatic rings. The Bertz CT molecular complexity index is 1770. The molecule has 0 aliphatic carbocycles. The fourth-order valence-corrected chi connectivity index (χ4v) is 8.14. The predicted molar refractivity (Wildman–Crippen MR) is 183 cm³/mol. The van der Waals surface area contributed by atoms with E-state index in [9.17, 15) is 9.59 Å². The van der Waals surface area contributed by atoms with Gasteiger partial charge in [-0.05, 0) is 59.7 Å². The van der Waals surface area contributed by atoms with E-state index in [0.717, 1.165) is 40.2 Å². The van der Waals surface area contributed by atoms with E-state index >= 15 is 0 Å². The van der Waals surface area contributed by atoms with Crippen LogP contribution in [-0.4, -0.2) is 47.5 Å². The largest absolute Gasteiger partial charge is 0.495 e. The standard InChI is InChI=1S/C32H26N4O4S4/c1-39-25-15-19(11-13-21(25)33-29(37)17-41-31-35-23-7-3-5-9-27(23)43-31)20-12-14-22(26(16-20)40-2)34-30(38)18-42-32-36-24-8-4-6-10-28(24)44-32/h3-16H,17-18H2,1-2H3,(H,33,37)(H,34,38). The summed E-state index contributed by atoms with van der Waals surface area (Å²) in [5, 5.41) is 5.89. The predicted octanol–water partition coefficient (Wildman–Crippen LogP) is 8.05. The number of hydrogen-bond acceptors (Lipinski definition) is 10. The first-order valence-electron chi connectivity index (χ1n) is 13.4. The summed E-state index contributed by atoms with van der Waals surface area (Å²) >= 11 is 5.96. The number of thiazole rings is 2. The first-order valence-corrected chi connectivity index (χ1v) is 17.0. The monoisotopic (exact) mass is 658 g/mol. The zero-order valence-electron chi connectivity index (χ0n) is 23.7. The number of nitrogens with one attached hydrogen (secondary N) is 2. The van der Waals surface area contributed by atoms with Crippen LogP contribution in [0.25, 0.3) is 31.6 Å². The van der Waals surface area contributed by atoms with E-state index in [-0.39, 0.29) is 23.3 Å². The summed E-state index contributed by atoms with van der Waals surface area (Å²) in [4.78, 5) is 34.6. The smallest absolute Gasteiger partial charge is 0.234 e. The molecule has 0 radical (unpaired) electrons. The van der Waals surface area contributed by atoms with E-state index in [1.807, 2.05) is 84.9 Å². The number of carbonyl (C=O) groups is 2. The second kappa shape index (κ2) is 13.7. The van der Waals surface area contributed by atoms with Crippen molar-refractivity contribution in [3.05, 3.63) is 84.9 Å². The number of fused-ring (bicyclic) bond motifs is 2. The molecule has 2 heterocycles. The fraction of sp³-hybridized carbons (Fsp3) is 0.125. The van der Waals surface area contributed by atoms with E-state index in [2.05, 4.69) is 20.6 Å². The van der Waals surface area contributed by atoms with Gasteiger partial charge in [0.15, 0.2) is 8.68 Å². The first kappa shape index (κ1) is 29.9. The van der Waals surface area contributed by atoms with Gasteiger partial charge in [-0.15, -0.1) is 22.7 Å². The third-order valence-corrected chi connectivity index (χ3v) is 10.8. The Kier molecular flexibility index (Phi) is 9.31. The number of hydrogen-bond donors (Lipinski definition) is 2. The van der Waals surface area contributed by atoms with Gasteiger partial charge in [0.05, 0.1) is 57.5 Å². The molecular formula is C32H26N4O4S4. The van der Waals surface area contributed by atoms with E-state index < -0.39 is 0 Å². The van der Waals surface area contributed by atoms with Gasteiger partial charge in [-0.3, -0.25) is 9.59 Å². The highest BCUT2D eigenvalue weighted by molar-refractivity contribution is 8.02. The second-order valence-corrected chi connectivity index (χ2v) is 13.9. The van der Waals surface area contributed by atoms with Crippen LogP contribution in [0.2, 0.25) is 0 Å². The molecule has 0 spiro atoms. The van der Waals surface area contributed by atoms with E-state index in [0.29, 0.717) is 22.9 Å². The number of para-hydroxylation sites is 2. The Hall–Kier alpha value is -4.10. The van der Waals surface area contributed by atoms with Gasteiger partial charge in [0.2, 0.25) is 11.8 Å². The van der Waals surface area contributed by atoms with Crippen molar-refractivity contribution < 1.29 is 19.1 Å². The summed E-state index contributed by atoms with van der Waals surface area (Å²) < 4.78 is 15.1. The average Bonchev–Trinajstić information content (AvgIpc) is 3.67. The normalized spacial score (nSPS) is 11.0. The summed E-state index contributed by atoms with van der Waals surface area (Å²) in [7, 11) is 3.13. The number of aromatic nitrogens is 2. The van der Waals surface area contributed by atoms with Crippen molar-refractivity contribution in [2.45, 2.75) is 8.68 Å². The number of rotatable bonds is 11. The van der Waals surface area contributed by atoms with Gasteiger partial charge in [-0.2, -0.15) is 0 Å². The molecule has 0 bridgehead atoms. The molecule has 0 saturated heterocycles. The molecule has 6 rings (SSSR count). The van der Waals surface area contributed by atoms with Gasteiger partial charge >= 0.3 is 0 Å². The van der Waals surface area contributed by atoms with Crippen LogP contribution in [-0.2, 0) is 9.59 Å². The van der Waals surface area contributed by atoms with Gasteiger partial charge < -0.3 is 20.1 Å². The molecule has 8 nitrogen and oxygen atoms in total. The van der Waals surface area contributed by atoms with Crippen LogP contribution in [0.3, 0.4) is 0 Å². The topological polar surface area (TPSA) is 102 Å². The molecule has 2 N–H and O–H groups in total. The van der Waals surface area contributed by atoms with Crippen LogP contribution >= 0.6 is 46.2 Å². The number of anilines is 2. The molecule has 4 aromatic carbocycles. The lowest BCUT2D eigenvalue weighted by atomic mass is 10.0. The van der Waals surface area contributed by atoms with E-state index in [1.165, 1.54) is 23.5 Å². The van der Waals surface area contributed by atoms with E-state index in [4.69, 9.17) is 9.47 Å². The number of thioether (sulfide) groups is 2. The van der Waals surface area contributed by atoms with Crippen molar-refractivity contribution >= 4 is 89.8 Å². The third kappa shape index (κ3) is 6.99. The molecule has 2 aromatic heterocycles. The Labute approximate surface area is 270 Å². The molecule has 6 aromatic rings. The SMILES string of the molecule is COc1cc(-c2ccc(NC(=O)CSc3nc4ccccc4s3)c(OC)c2)ccc1NC(=O)CSc1nc2ccccc2s1. The van der Waals surface area contributed by atoms with Crippen LogP contribution in [0.15, 0.2) is 93.6 Å². The van der Waals surface area contributed by atoms with Crippen molar-refractivity contribution in [2.75, 3.05) is 36.4 Å². The summed E-state index contributed by atoms with van der Waals surface area (Å²) in [6, 6.07) is 27.0. The molecule has 12 heteroatoms. The minimum atomic E-state index is -0.150. The first-order chi connectivity index (χ1) is 21.5. The van der Waals surface area contributed by atoms with Crippen molar-refractivity contribution in [2.24, 2.45) is 0 Å². The van der Waals surface area contributed by atoms with Crippen LogP contribution in [0.5, 0.6) is 11.5 Å². The Balaban J connectivity index is 1.08. The van der Waals surface area contributed by atoms with Gasteiger partial charge in [0, 0.05) is 0 Å². The van der Waals surface area contributed by atoms with Crippen LogP contribution in [0, 0.1) is 0 Å². The number of methoxy groups -OCH3 is 2. The number of benzene rings is 4. The average molecular weight is 659 g/mol. The Morgan fingerprint density at radius 1 is 0.659 bits per heavy atom. The van der Waals surface area contributed by atoms with Crippen LogP contribution in [0.1, 0.15) is 0 Å². The molecular weight excluding hydrogens is 633 g/mol. The molecule has 0 saturated carbocycles. The number of ether oxygens (including phenoxy) is 2. The lowest BCUT2D eigenvalue weighted by molar-refractivity contribution is -0.114. The van der Waals surface area contributed by atoms with Crippen molar-refractivity contribution in [1.29, 1.82) is 0 Å². The lowest BCUT2D eigenvalue weighted by Gasteiger charge is -2.14. The van der Waals surface area contributed by atoms with Crippen molar-refractivity contribution in [1.82, 2.24) is 9.97 Å². The van der Waals surface area contributed by atoms with Gasteiger partial charge in [0.1, 0.15) is 11.5 Å². The van der Waals surface area contributed by atoms with Crippen molar-refractivity contribution in [3.63, 3.8) is 0 Å².